The maximum Gasteiger partial charge on any atom is 0.407 e. The minimum absolute atomic E-state index is 0.0590. The molecule has 3 aromatic rings. The Morgan fingerprint density at radius 1 is 1.21 bits per heavy atom. The number of hydrogen-bond acceptors (Lipinski definition) is 4. The molecule has 0 aliphatic rings. The minimum atomic E-state index is -0.428. The van der Waals surface area contributed by atoms with Crippen molar-refractivity contribution in [1.29, 1.82) is 0 Å². The Kier molecular flexibility index (Phi) is 6.79. The van der Waals surface area contributed by atoms with Crippen molar-refractivity contribution in [2.45, 2.75) is 25.9 Å². The van der Waals surface area contributed by atoms with E-state index in [1.165, 1.54) is 0 Å². The Balaban J connectivity index is 1.47. The summed E-state index contributed by atoms with van der Waals surface area (Å²) >= 11 is 0. The van der Waals surface area contributed by atoms with Gasteiger partial charge in [-0.1, -0.05) is 49.1 Å². The van der Waals surface area contributed by atoms with Crippen molar-refractivity contribution < 1.29 is 9.53 Å². The van der Waals surface area contributed by atoms with E-state index in [1.807, 2.05) is 48.5 Å². The first kappa shape index (κ1) is 20.3. The minimum Gasteiger partial charge on any atom is -0.445 e. The predicted molar refractivity (Wildman–Crippen MR) is 115 cm³/mol. The fraction of sp³-hybridized carbons (Fsp3) is 0.261. The van der Waals surface area contributed by atoms with Crippen molar-refractivity contribution >= 4 is 23.1 Å². The third-order valence-electron chi connectivity index (χ3n) is 4.74. The van der Waals surface area contributed by atoms with Crippen molar-refractivity contribution in [2.24, 2.45) is 7.05 Å². The molecule has 0 saturated heterocycles. The monoisotopic (exact) mass is 391 g/mol. The summed E-state index contributed by atoms with van der Waals surface area (Å²) < 4.78 is 6.77. The SMILES string of the molecule is C=Cc1ccc2nc(CCCCNC(=O)OCc3ccccc3)n(C)c(=O)c2c1. The second-order valence-electron chi connectivity index (χ2n) is 6.82. The topological polar surface area (TPSA) is 73.2 Å². The van der Waals surface area contributed by atoms with Gasteiger partial charge in [-0.3, -0.25) is 9.36 Å². The maximum atomic E-state index is 12.6. The average Bonchev–Trinajstić information content (AvgIpc) is 2.75. The van der Waals surface area contributed by atoms with Gasteiger partial charge in [-0.15, -0.1) is 0 Å². The summed E-state index contributed by atoms with van der Waals surface area (Å²) in [7, 11) is 1.74. The summed E-state index contributed by atoms with van der Waals surface area (Å²) in [5.74, 6) is 0.737. The van der Waals surface area contributed by atoms with Crippen LogP contribution in [-0.2, 0) is 24.8 Å². The van der Waals surface area contributed by atoms with E-state index < -0.39 is 6.09 Å². The molecular formula is C23H25N3O3. The molecule has 6 nitrogen and oxygen atoms in total. The van der Waals surface area contributed by atoms with Crippen LogP contribution in [0.25, 0.3) is 17.0 Å². The van der Waals surface area contributed by atoms with Gasteiger partial charge in [0.1, 0.15) is 12.4 Å². The lowest BCUT2D eigenvalue weighted by Gasteiger charge is -2.10. The molecule has 6 heteroatoms. The van der Waals surface area contributed by atoms with Crippen molar-refractivity contribution in [3.8, 4) is 0 Å². The molecule has 3 rings (SSSR count). The van der Waals surface area contributed by atoms with Gasteiger partial charge in [0.15, 0.2) is 0 Å². The molecule has 0 radical (unpaired) electrons. The highest BCUT2D eigenvalue weighted by atomic mass is 16.5. The molecule has 29 heavy (non-hydrogen) atoms. The van der Waals surface area contributed by atoms with Gasteiger partial charge in [0.05, 0.1) is 10.9 Å². The van der Waals surface area contributed by atoms with Gasteiger partial charge in [-0.25, -0.2) is 9.78 Å². The van der Waals surface area contributed by atoms with Crippen molar-refractivity contribution in [2.75, 3.05) is 6.54 Å². The summed E-state index contributed by atoms with van der Waals surface area (Å²) in [6.07, 6.45) is 3.51. The molecule has 0 saturated carbocycles. The van der Waals surface area contributed by atoms with Gasteiger partial charge in [0.25, 0.3) is 5.56 Å². The first-order chi connectivity index (χ1) is 14.1. The van der Waals surface area contributed by atoms with Gasteiger partial charge in [-0.05, 0) is 36.1 Å². The molecule has 150 valence electrons. The van der Waals surface area contributed by atoms with Crippen molar-refractivity contribution in [3.05, 3.63) is 82.4 Å². The van der Waals surface area contributed by atoms with Gasteiger partial charge < -0.3 is 10.1 Å². The molecule has 0 aliphatic carbocycles. The quantitative estimate of drug-likeness (QED) is 0.593. The van der Waals surface area contributed by atoms with E-state index in [0.29, 0.717) is 23.9 Å². The van der Waals surface area contributed by atoms with Gasteiger partial charge in [0.2, 0.25) is 0 Å². The van der Waals surface area contributed by atoms with E-state index in [4.69, 9.17) is 4.74 Å². The summed E-state index contributed by atoms with van der Waals surface area (Å²) in [5, 5.41) is 3.34. The fourth-order valence-electron chi connectivity index (χ4n) is 3.06. The molecular weight excluding hydrogens is 366 g/mol. The number of carbonyl (C=O) groups excluding carboxylic acids is 1. The second kappa shape index (κ2) is 9.68. The Morgan fingerprint density at radius 3 is 2.76 bits per heavy atom. The zero-order valence-electron chi connectivity index (χ0n) is 16.6. The van der Waals surface area contributed by atoms with Crippen LogP contribution in [0.5, 0.6) is 0 Å². The smallest absolute Gasteiger partial charge is 0.407 e. The third kappa shape index (κ3) is 5.31. The molecule has 1 aromatic heterocycles. The summed E-state index contributed by atoms with van der Waals surface area (Å²) in [5.41, 5.74) is 2.48. The molecule has 0 bridgehead atoms. The van der Waals surface area contributed by atoms with Crippen LogP contribution in [0.1, 0.15) is 29.8 Å². The second-order valence-corrected chi connectivity index (χ2v) is 6.82. The Morgan fingerprint density at radius 2 is 2.00 bits per heavy atom. The number of aryl methyl sites for hydroxylation is 1. The van der Waals surface area contributed by atoms with Crippen molar-refractivity contribution in [3.63, 3.8) is 0 Å². The highest BCUT2D eigenvalue weighted by molar-refractivity contribution is 5.80. The number of carbonyl (C=O) groups is 1. The number of ether oxygens (including phenoxy) is 1. The Bertz CT molecular complexity index is 1060. The van der Waals surface area contributed by atoms with Crippen LogP contribution in [0, 0.1) is 0 Å². The van der Waals surface area contributed by atoms with Crippen LogP contribution in [0.15, 0.2) is 59.9 Å². The van der Waals surface area contributed by atoms with Crippen LogP contribution < -0.4 is 10.9 Å². The van der Waals surface area contributed by atoms with Crippen LogP contribution in [0.4, 0.5) is 4.79 Å². The largest absolute Gasteiger partial charge is 0.445 e. The standard InChI is InChI=1S/C23H25N3O3/c1-3-17-12-13-20-19(15-17)22(27)26(2)21(25-20)11-7-8-14-24-23(28)29-16-18-9-5-4-6-10-18/h3-6,9-10,12-13,15H,1,7-8,11,14,16H2,2H3,(H,24,28). The molecule has 0 fully saturated rings. The molecule has 1 heterocycles. The number of nitrogens with one attached hydrogen (secondary N) is 1. The average molecular weight is 391 g/mol. The van der Waals surface area contributed by atoms with Gasteiger partial charge in [0, 0.05) is 20.0 Å². The van der Waals surface area contributed by atoms with Crippen LogP contribution in [-0.4, -0.2) is 22.2 Å². The Labute approximate surface area is 169 Å². The molecule has 1 amide bonds. The summed E-state index contributed by atoms with van der Waals surface area (Å²) in [6.45, 7) is 4.50. The number of aromatic nitrogens is 2. The molecule has 1 N–H and O–H groups in total. The highest BCUT2D eigenvalue weighted by Gasteiger charge is 2.09. The normalized spacial score (nSPS) is 10.7. The fourth-order valence-corrected chi connectivity index (χ4v) is 3.06. The number of fused-ring (bicyclic) bond motifs is 1. The molecule has 0 aliphatic heterocycles. The molecule has 0 unspecified atom stereocenters. The van der Waals surface area contributed by atoms with E-state index >= 15 is 0 Å². The zero-order valence-corrected chi connectivity index (χ0v) is 16.6. The van der Waals surface area contributed by atoms with Crippen LogP contribution >= 0.6 is 0 Å². The predicted octanol–water partition coefficient (Wildman–Crippen LogP) is 3.83. The molecule has 2 aromatic carbocycles. The molecule has 0 atom stereocenters. The van der Waals surface area contributed by atoms with E-state index in [9.17, 15) is 9.59 Å². The van der Waals surface area contributed by atoms with E-state index in [1.54, 1.807) is 17.7 Å². The van der Waals surface area contributed by atoms with E-state index in [2.05, 4.69) is 16.9 Å². The van der Waals surface area contributed by atoms with Crippen molar-refractivity contribution in [1.82, 2.24) is 14.9 Å². The Hall–Kier alpha value is -3.41. The number of amides is 1. The first-order valence-corrected chi connectivity index (χ1v) is 9.65. The van der Waals surface area contributed by atoms with Gasteiger partial charge in [-0.2, -0.15) is 0 Å². The summed E-state index contributed by atoms with van der Waals surface area (Å²) in [4.78, 5) is 29.0. The zero-order chi connectivity index (χ0) is 20.6. The van der Waals surface area contributed by atoms with Crippen LogP contribution in [0.2, 0.25) is 0 Å². The van der Waals surface area contributed by atoms with Gasteiger partial charge >= 0.3 is 6.09 Å². The van der Waals surface area contributed by atoms with E-state index in [-0.39, 0.29) is 12.2 Å². The lowest BCUT2D eigenvalue weighted by atomic mass is 10.1. The number of unbranched alkanes of at least 4 members (excludes halogenated alkanes) is 1. The highest BCUT2D eigenvalue weighted by Crippen LogP contribution is 2.13. The number of rotatable bonds is 8. The third-order valence-corrected chi connectivity index (χ3v) is 4.74. The number of benzene rings is 2. The number of nitrogens with zero attached hydrogens (tertiary/aromatic N) is 2. The first-order valence-electron chi connectivity index (χ1n) is 9.65. The van der Waals surface area contributed by atoms with Crippen LogP contribution in [0.3, 0.4) is 0 Å². The molecule has 0 spiro atoms. The number of hydrogen-bond donors (Lipinski definition) is 1. The lowest BCUT2D eigenvalue weighted by Crippen LogP contribution is -2.25. The lowest BCUT2D eigenvalue weighted by molar-refractivity contribution is 0.139. The summed E-state index contributed by atoms with van der Waals surface area (Å²) in [6, 6.07) is 15.1. The maximum absolute atomic E-state index is 12.6. The number of alkyl carbamates (subject to hydrolysis) is 1. The van der Waals surface area contributed by atoms with E-state index in [0.717, 1.165) is 29.8 Å².